The topological polar surface area (TPSA) is 88.9 Å². The predicted octanol–water partition coefficient (Wildman–Crippen LogP) is 3.07. The van der Waals surface area contributed by atoms with Gasteiger partial charge in [0.1, 0.15) is 0 Å². The molecule has 0 saturated carbocycles. The summed E-state index contributed by atoms with van der Waals surface area (Å²) in [6, 6.07) is 9.27. The Bertz CT molecular complexity index is 768. The number of carbonyl (C=O) groups excluding carboxylic acids is 2. The molecule has 2 N–H and O–H groups in total. The van der Waals surface area contributed by atoms with E-state index >= 15 is 0 Å². The first kappa shape index (κ1) is 20.0. The molecule has 26 heavy (non-hydrogen) atoms. The highest BCUT2D eigenvalue weighted by atomic mass is 32.2. The fraction of sp³-hybridized carbons (Fsp3) is 0.444. The molecular formula is C18H25N5O2S. The Morgan fingerprint density at radius 3 is 2.42 bits per heavy atom. The van der Waals surface area contributed by atoms with Crippen molar-refractivity contribution in [3.8, 4) is 11.4 Å². The number of hydrogen-bond donors (Lipinski definition) is 2. The maximum absolute atomic E-state index is 12.3. The van der Waals surface area contributed by atoms with Crippen molar-refractivity contribution in [1.82, 2.24) is 25.4 Å². The first-order valence-corrected chi connectivity index (χ1v) is 9.37. The van der Waals surface area contributed by atoms with E-state index in [1.165, 1.54) is 11.8 Å². The van der Waals surface area contributed by atoms with Crippen LogP contribution in [0.3, 0.4) is 0 Å². The number of amides is 3. The lowest BCUT2D eigenvalue weighted by molar-refractivity contribution is -0.119. The minimum Gasteiger partial charge on any atom is -0.333 e. The predicted molar refractivity (Wildman–Crippen MR) is 103 cm³/mol. The Balaban J connectivity index is 2.07. The van der Waals surface area contributed by atoms with Crippen LogP contribution >= 0.6 is 11.8 Å². The quantitative estimate of drug-likeness (QED) is 0.784. The molecule has 1 aromatic heterocycles. The fourth-order valence-corrected chi connectivity index (χ4v) is 3.17. The number of hydrogen-bond acceptors (Lipinski definition) is 5. The van der Waals surface area contributed by atoms with Gasteiger partial charge in [0.15, 0.2) is 11.0 Å². The molecule has 2 aromatic rings. The van der Waals surface area contributed by atoms with Crippen molar-refractivity contribution in [3.05, 3.63) is 30.3 Å². The van der Waals surface area contributed by atoms with Gasteiger partial charge < -0.3 is 9.88 Å². The number of aromatic nitrogens is 3. The normalized spacial score (nSPS) is 12.5. The lowest BCUT2D eigenvalue weighted by Gasteiger charge is -2.21. The van der Waals surface area contributed by atoms with E-state index < -0.39 is 16.8 Å². The molecule has 8 heteroatoms. The first-order valence-electron chi connectivity index (χ1n) is 8.49. The van der Waals surface area contributed by atoms with Gasteiger partial charge in [0, 0.05) is 17.6 Å². The van der Waals surface area contributed by atoms with Crippen LogP contribution in [0.15, 0.2) is 35.5 Å². The molecule has 1 atom stereocenters. The average Bonchev–Trinajstić information content (AvgIpc) is 2.96. The van der Waals surface area contributed by atoms with Gasteiger partial charge in [0.25, 0.3) is 0 Å². The monoisotopic (exact) mass is 375 g/mol. The lowest BCUT2D eigenvalue weighted by atomic mass is 10.1. The molecule has 0 saturated heterocycles. The molecular weight excluding hydrogens is 350 g/mol. The van der Waals surface area contributed by atoms with Gasteiger partial charge >= 0.3 is 6.03 Å². The molecule has 2 rings (SSSR count). The van der Waals surface area contributed by atoms with Gasteiger partial charge in [0.2, 0.25) is 5.91 Å². The maximum atomic E-state index is 12.3. The Labute approximate surface area is 158 Å². The zero-order chi connectivity index (χ0) is 19.3. The highest BCUT2D eigenvalue weighted by Crippen LogP contribution is 2.26. The minimum atomic E-state index is -0.503. The molecule has 0 fully saturated rings. The van der Waals surface area contributed by atoms with Gasteiger partial charge in [0.05, 0.1) is 5.25 Å². The Kier molecular flexibility index (Phi) is 6.42. The van der Waals surface area contributed by atoms with Gasteiger partial charge in [-0.05, 0) is 34.6 Å². The van der Waals surface area contributed by atoms with Crippen LogP contribution in [0.4, 0.5) is 4.79 Å². The summed E-state index contributed by atoms with van der Waals surface area (Å²) in [5.41, 5.74) is 0.559. The number of urea groups is 1. The molecule has 0 spiro atoms. The van der Waals surface area contributed by atoms with Crippen molar-refractivity contribution in [2.45, 2.75) is 57.1 Å². The fourth-order valence-electron chi connectivity index (χ4n) is 2.26. The minimum absolute atomic E-state index is 0.372. The number of nitrogens with one attached hydrogen (secondary N) is 2. The molecule has 7 nitrogen and oxygen atoms in total. The summed E-state index contributed by atoms with van der Waals surface area (Å²) in [6.07, 6.45) is 0. The molecule has 0 unspecified atom stereocenters. The largest absolute Gasteiger partial charge is 0.333 e. The third kappa shape index (κ3) is 5.32. The van der Waals surface area contributed by atoms with Crippen LogP contribution in [-0.4, -0.2) is 37.5 Å². The van der Waals surface area contributed by atoms with E-state index in [-0.39, 0.29) is 5.91 Å². The summed E-state index contributed by atoms with van der Waals surface area (Å²) in [7, 11) is 0. The smallest absolute Gasteiger partial charge is 0.321 e. The van der Waals surface area contributed by atoms with Gasteiger partial charge in [-0.3, -0.25) is 10.1 Å². The molecule has 0 aliphatic rings. The van der Waals surface area contributed by atoms with Crippen molar-refractivity contribution in [3.63, 3.8) is 0 Å². The number of nitrogens with zero attached hydrogens (tertiary/aromatic N) is 3. The molecule has 0 radical (unpaired) electrons. The van der Waals surface area contributed by atoms with Gasteiger partial charge in [-0.25, -0.2) is 4.79 Å². The van der Waals surface area contributed by atoms with Crippen molar-refractivity contribution in [2.24, 2.45) is 0 Å². The SMILES string of the molecule is CCn1c(S[C@@H](C)C(=O)NC(=O)NC(C)(C)C)nnc1-c1ccccc1. The third-order valence-corrected chi connectivity index (χ3v) is 4.52. The summed E-state index contributed by atoms with van der Waals surface area (Å²) in [4.78, 5) is 24.1. The number of thioether (sulfide) groups is 1. The number of rotatable bonds is 5. The summed E-state index contributed by atoms with van der Waals surface area (Å²) in [5.74, 6) is 0.386. The number of imide groups is 1. The summed E-state index contributed by atoms with van der Waals surface area (Å²) < 4.78 is 1.96. The van der Waals surface area contributed by atoms with Gasteiger partial charge in [-0.15, -0.1) is 10.2 Å². The Morgan fingerprint density at radius 1 is 1.19 bits per heavy atom. The second-order valence-corrected chi connectivity index (χ2v) is 8.18. The molecule has 140 valence electrons. The number of benzene rings is 1. The van der Waals surface area contributed by atoms with Crippen molar-refractivity contribution < 1.29 is 9.59 Å². The number of carbonyl (C=O) groups is 2. The van der Waals surface area contributed by atoms with E-state index in [0.29, 0.717) is 11.7 Å². The average molecular weight is 375 g/mol. The van der Waals surface area contributed by atoms with Crippen LogP contribution in [0.25, 0.3) is 11.4 Å². The summed E-state index contributed by atoms with van der Waals surface area (Å²) in [6.45, 7) is 9.97. The second kappa shape index (κ2) is 8.35. The highest BCUT2D eigenvalue weighted by molar-refractivity contribution is 8.00. The van der Waals surface area contributed by atoms with Crippen LogP contribution < -0.4 is 10.6 Å². The molecule has 0 aliphatic carbocycles. The van der Waals surface area contributed by atoms with E-state index in [0.717, 1.165) is 11.4 Å². The van der Waals surface area contributed by atoms with Crippen molar-refractivity contribution >= 4 is 23.7 Å². The van der Waals surface area contributed by atoms with E-state index in [1.807, 2.05) is 62.6 Å². The highest BCUT2D eigenvalue weighted by Gasteiger charge is 2.23. The van der Waals surface area contributed by atoms with E-state index in [1.54, 1.807) is 6.92 Å². The van der Waals surface area contributed by atoms with E-state index in [4.69, 9.17) is 0 Å². The van der Waals surface area contributed by atoms with Crippen LogP contribution in [0, 0.1) is 0 Å². The van der Waals surface area contributed by atoms with Gasteiger partial charge in [-0.2, -0.15) is 0 Å². The van der Waals surface area contributed by atoms with Crippen LogP contribution in [0.5, 0.6) is 0 Å². The summed E-state index contributed by atoms with van der Waals surface area (Å²) in [5, 5.41) is 13.7. The molecule has 1 aromatic carbocycles. The molecule has 0 bridgehead atoms. The van der Waals surface area contributed by atoms with Crippen LogP contribution in [0.2, 0.25) is 0 Å². The molecule has 0 aliphatic heterocycles. The van der Waals surface area contributed by atoms with E-state index in [2.05, 4.69) is 20.8 Å². The molecule has 3 amide bonds. The third-order valence-electron chi connectivity index (χ3n) is 3.44. The van der Waals surface area contributed by atoms with Gasteiger partial charge in [-0.1, -0.05) is 42.1 Å². The lowest BCUT2D eigenvalue weighted by Crippen LogP contribution is -2.49. The van der Waals surface area contributed by atoms with Crippen LogP contribution in [0.1, 0.15) is 34.6 Å². The Morgan fingerprint density at radius 2 is 1.85 bits per heavy atom. The first-order chi connectivity index (χ1) is 12.2. The van der Waals surface area contributed by atoms with Crippen molar-refractivity contribution in [2.75, 3.05) is 0 Å². The standard InChI is InChI=1S/C18H25N5O2S/c1-6-23-14(13-10-8-7-9-11-13)21-22-17(23)26-12(2)15(24)19-16(25)20-18(3,4)5/h7-12H,6H2,1-5H3,(H2,19,20,24,25)/t12-/m0/s1. The molecule has 1 heterocycles. The zero-order valence-corrected chi connectivity index (χ0v) is 16.6. The van der Waals surface area contributed by atoms with E-state index in [9.17, 15) is 9.59 Å². The Hall–Kier alpha value is -2.35. The second-order valence-electron chi connectivity index (χ2n) is 6.87. The van der Waals surface area contributed by atoms with Crippen molar-refractivity contribution in [1.29, 1.82) is 0 Å². The van der Waals surface area contributed by atoms with Crippen LogP contribution in [-0.2, 0) is 11.3 Å². The summed E-state index contributed by atoms with van der Waals surface area (Å²) >= 11 is 1.28. The maximum Gasteiger partial charge on any atom is 0.321 e. The zero-order valence-electron chi connectivity index (χ0n) is 15.7.